The Hall–Kier alpha value is -2.19. The molecule has 0 aromatic heterocycles. The number of likely N-dealkylation sites (tertiary alicyclic amines) is 7. The van der Waals surface area contributed by atoms with E-state index in [4.69, 9.17) is 76.2 Å². The van der Waals surface area contributed by atoms with Crippen LogP contribution >= 0.6 is 0 Å². The quantitative estimate of drug-likeness (QED) is 0.0477. The van der Waals surface area contributed by atoms with Gasteiger partial charge >= 0.3 is 5.97 Å². The van der Waals surface area contributed by atoms with Crippen molar-refractivity contribution < 1.29 is 81.0 Å². The van der Waals surface area contributed by atoms with Crippen molar-refractivity contribution >= 4 is 5.97 Å². The summed E-state index contributed by atoms with van der Waals surface area (Å²) >= 11 is 0. The number of hydrogen-bond acceptors (Lipinski definition) is 24. The Balaban J connectivity index is -0.000000503. The van der Waals surface area contributed by atoms with E-state index < -0.39 is 0 Å². The lowest BCUT2D eigenvalue weighted by atomic mass is 10.0. The first-order chi connectivity index (χ1) is 70.5. The van der Waals surface area contributed by atoms with Gasteiger partial charge in [0.2, 0.25) is 0 Å². The first kappa shape index (κ1) is 154. The van der Waals surface area contributed by atoms with Gasteiger partial charge in [0, 0.05) is 171 Å². The summed E-state index contributed by atoms with van der Waals surface area (Å²) in [4.78, 5) is 29.3. The molecule has 7 aliphatic heterocycles. The van der Waals surface area contributed by atoms with Crippen LogP contribution in [0.5, 0.6) is 0 Å². The molecule has 1 aromatic rings. The summed E-state index contributed by atoms with van der Waals surface area (Å²) in [6, 6.07) is 12.6. The van der Waals surface area contributed by atoms with Crippen molar-refractivity contribution in [2.24, 2.45) is 17.8 Å². The van der Waals surface area contributed by atoms with E-state index in [0.29, 0.717) is 93.4 Å². The number of ether oxygens (including phenoxy) is 15. The maximum atomic E-state index is 11.2. The number of aliphatic hydroxyl groups excluding tert-OH is 1. The number of hydrogen-bond donors (Lipinski definition) is 1. The summed E-state index contributed by atoms with van der Waals surface area (Å²) in [5.74, 6) is 2.60. The van der Waals surface area contributed by atoms with Crippen LogP contribution in [-0.4, -0.2) is 374 Å². The van der Waals surface area contributed by atoms with Crippen LogP contribution in [0.1, 0.15) is 420 Å². The molecule has 0 bridgehead atoms. The lowest BCUT2D eigenvalue weighted by Gasteiger charge is -2.33. The van der Waals surface area contributed by atoms with Gasteiger partial charge in [-0.25, -0.2) is 0 Å². The topological polar surface area (TPSA) is 198 Å². The van der Waals surface area contributed by atoms with Crippen LogP contribution in [-0.2, 0) is 82.3 Å². The van der Waals surface area contributed by atoms with Crippen molar-refractivity contribution in [3.8, 4) is 0 Å². The summed E-state index contributed by atoms with van der Waals surface area (Å²) in [7, 11) is 5.07. The van der Waals surface area contributed by atoms with Gasteiger partial charge in [0.05, 0.1) is 112 Å². The number of methoxy groups -OCH3 is 3. The van der Waals surface area contributed by atoms with Gasteiger partial charge in [0.15, 0.2) is 0 Å². The van der Waals surface area contributed by atoms with Gasteiger partial charge in [-0.1, -0.05) is 90.1 Å². The Bertz CT molecular complexity index is 2570. The number of aliphatic hydroxyl groups is 1. The highest BCUT2D eigenvalue weighted by atomic mass is 16.5. The van der Waals surface area contributed by atoms with Crippen LogP contribution in [0.2, 0.25) is 0 Å². The molecule has 7 saturated heterocycles. The van der Waals surface area contributed by atoms with E-state index in [1.807, 2.05) is 87.4 Å². The normalized spacial score (nSPS) is 19.1. The summed E-state index contributed by atoms with van der Waals surface area (Å²) in [5.41, 5.74) is 1.27. The molecule has 1 N–H and O–H groups in total. The number of unbranched alkanes of at least 4 members (excludes halogenated alkanes) is 1. The molecule has 0 amide bonds. The zero-order chi connectivity index (χ0) is 112. The standard InChI is InChI=1S/C13H18O2.6C12H25NO.C10H21NO.C7H16O2.C7H16O.C6H14O2.C5H12O2.C4H10O/c1-11(2)15-13(14)10-6-9-12-7-4-3-5-8-12;3*1-11(2)14-9-5-8-13-7-4-6-12(3)10-13;3*1-11(2)14-10-6-9-13-8-5-4-7-12(13)3;1-10(2)12-9-8-11-6-4-3-5-7-11;1-7(2)9-6-4-5-8-3;1-4-5-6-8-7(2)3;1-6(2)8-5-4-7-3;1-5(2)7-4-3-6;1-4(2)5-3/h3-5,7-8,11H,6,9-10H2,1-2H3;6*11-12H,4-10H2,1-3H3;10H,3-9H2,1-2H3;7H,4-6H2,1-3H3;7H,4-6H2,1-3H3;6H,4-5H2,1-3H3;5-6H,3-4H2,1-2H3;4H,1-3H3/t;2*12-;;2*12-;;;;;;;/m.10.10......./s1. The minimum absolute atomic E-state index is 0.00535. The number of piperidine rings is 7. The average molecular weight is 2120 g/mol. The van der Waals surface area contributed by atoms with Crippen LogP contribution in [0.4, 0.5) is 0 Å². The predicted molar refractivity (Wildman–Crippen MR) is 632 cm³/mol. The third kappa shape index (κ3) is 119. The lowest BCUT2D eigenvalue weighted by Crippen LogP contribution is -2.38. The fourth-order valence-corrected chi connectivity index (χ4v) is 17.2. The number of carbonyl (C=O) groups excluding carboxylic acids is 1. The molecule has 6 atom stereocenters. The molecule has 1 aromatic carbocycles. The van der Waals surface area contributed by atoms with Crippen molar-refractivity contribution in [1.29, 1.82) is 0 Å². The number of rotatable bonds is 56. The highest BCUT2D eigenvalue weighted by Gasteiger charge is 2.23. The van der Waals surface area contributed by atoms with Crippen molar-refractivity contribution in [2.45, 2.75) is 519 Å². The molecule has 0 aliphatic carbocycles. The Morgan fingerprint density at radius 2 is 0.568 bits per heavy atom. The largest absolute Gasteiger partial charge is 0.463 e. The van der Waals surface area contributed by atoms with Gasteiger partial charge in [-0.15, -0.1) is 0 Å². The van der Waals surface area contributed by atoms with Crippen LogP contribution in [0.3, 0.4) is 0 Å². The number of esters is 1. The molecule has 7 heterocycles. The smallest absolute Gasteiger partial charge is 0.306 e. The van der Waals surface area contributed by atoms with E-state index in [2.05, 4.69) is 206 Å². The number of carbonyl (C=O) groups is 1. The molecule has 890 valence electrons. The Kier molecular flexibility index (Phi) is 116. The van der Waals surface area contributed by atoms with Crippen LogP contribution in [0.25, 0.3) is 0 Å². The fourth-order valence-electron chi connectivity index (χ4n) is 17.2. The highest BCUT2D eigenvalue weighted by Crippen LogP contribution is 2.22. The van der Waals surface area contributed by atoms with E-state index in [9.17, 15) is 4.79 Å². The highest BCUT2D eigenvalue weighted by molar-refractivity contribution is 5.69. The molecule has 0 spiro atoms. The summed E-state index contributed by atoms with van der Waals surface area (Å²) in [6.45, 7) is 103. The average Bonchev–Trinajstić information content (AvgIpc) is 0.933. The molecule has 7 fully saturated rings. The first-order valence-electron chi connectivity index (χ1n) is 60.7. The number of benzene rings is 1. The zero-order valence-electron chi connectivity index (χ0n) is 105. The predicted octanol–water partition coefficient (Wildman–Crippen LogP) is 26.6. The van der Waals surface area contributed by atoms with Crippen molar-refractivity contribution in [3.05, 3.63) is 35.9 Å². The molecular weight excluding hydrogens is 1860 g/mol. The van der Waals surface area contributed by atoms with Gasteiger partial charge in [-0.3, -0.25) is 4.79 Å². The zero-order valence-corrected chi connectivity index (χ0v) is 105. The molecule has 148 heavy (non-hydrogen) atoms. The van der Waals surface area contributed by atoms with E-state index in [1.165, 1.54) is 284 Å². The fraction of sp³-hybridized carbons (Fsp3) is 0.944. The summed E-state index contributed by atoms with van der Waals surface area (Å²) in [6.07, 6.45) is 42.3. The monoisotopic (exact) mass is 2120 g/mol. The van der Waals surface area contributed by atoms with E-state index in [1.54, 1.807) is 21.3 Å². The SMILES string of the molecule is CC(C)OC(=O)CCCc1ccccc1.CC(C)OCCCN1CCCCC1C.CC(C)OCCCN1CCCC[C@@H]1C.CC(C)OCCCN1CCCC[C@H]1C.CC(C)OCCCN1CCC[C@@H](C)C1.CC(C)OCCCN1CCC[C@H](C)C1.CC(C)OCCN1CCCCC1.CC(C)OCCO.CC1CCCN(CCCOC(C)C)C1.CCCCOC(C)C.COC(C)C.COCCCOC(C)C.COCCOC(C)C. The molecule has 8 rings (SSSR count). The first-order valence-corrected chi connectivity index (χ1v) is 60.7. The summed E-state index contributed by atoms with van der Waals surface area (Å²) < 4.78 is 78.8. The van der Waals surface area contributed by atoms with Crippen LogP contribution in [0, 0.1) is 17.8 Å². The van der Waals surface area contributed by atoms with Gasteiger partial charge < -0.3 is 110 Å². The third-order valence-electron chi connectivity index (χ3n) is 25.4. The third-order valence-corrected chi connectivity index (χ3v) is 25.4. The minimum Gasteiger partial charge on any atom is -0.463 e. The second kappa shape index (κ2) is 112. The maximum absolute atomic E-state index is 11.2. The maximum Gasteiger partial charge on any atom is 0.306 e. The van der Waals surface area contributed by atoms with E-state index in [-0.39, 0.29) is 24.8 Å². The molecule has 0 saturated carbocycles. The van der Waals surface area contributed by atoms with E-state index >= 15 is 0 Å². The van der Waals surface area contributed by atoms with Gasteiger partial charge in [0.25, 0.3) is 0 Å². The van der Waals surface area contributed by atoms with Crippen molar-refractivity contribution in [3.63, 3.8) is 0 Å². The Morgan fingerprint density at radius 1 is 0.284 bits per heavy atom. The minimum atomic E-state index is -0.0964. The van der Waals surface area contributed by atoms with Crippen molar-refractivity contribution in [2.75, 3.05) is 232 Å². The van der Waals surface area contributed by atoms with E-state index in [0.717, 1.165) is 128 Å². The van der Waals surface area contributed by atoms with Crippen molar-refractivity contribution in [1.82, 2.24) is 34.3 Å². The second-order valence-electron chi connectivity index (χ2n) is 45.5. The number of nitrogens with zero attached hydrogens (tertiary/aromatic N) is 7. The molecule has 24 nitrogen and oxygen atoms in total. The molecular formula is C124H257N7O17. The summed E-state index contributed by atoms with van der Waals surface area (Å²) in [5, 5.41) is 8.19. The van der Waals surface area contributed by atoms with Crippen LogP contribution in [0.15, 0.2) is 30.3 Å². The molecule has 7 aliphatic rings. The van der Waals surface area contributed by atoms with Gasteiger partial charge in [-0.2, -0.15) is 0 Å². The Labute approximate surface area is 920 Å². The molecule has 24 heteroatoms. The molecule has 2 unspecified atom stereocenters. The van der Waals surface area contributed by atoms with Crippen LogP contribution < -0.4 is 0 Å². The van der Waals surface area contributed by atoms with Gasteiger partial charge in [-0.05, 0) is 431 Å². The molecule has 0 radical (unpaired) electrons. The Morgan fingerprint density at radius 3 is 0.845 bits per heavy atom. The lowest BCUT2D eigenvalue weighted by molar-refractivity contribution is -0.147. The second-order valence-corrected chi connectivity index (χ2v) is 45.5. The number of aryl methyl sites for hydroxylation is 1. The van der Waals surface area contributed by atoms with Gasteiger partial charge in [0.1, 0.15) is 0 Å².